The summed E-state index contributed by atoms with van der Waals surface area (Å²) in [4.78, 5) is 21.4. The molecule has 5 heteroatoms. The van der Waals surface area contributed by atoms with Crippen LogP contribution in [0.15, 0.2) is 12.3 Å². The van der Waals surface area contributed by atoms with Crippen molar-refractivity contribution in [3.8, 4) is 0 Å². The third-order valence-electron chi connectivity index (χ3n) is 4.06. The van der Waals surface area contributed by atoms with E-state index in [1.54, 1.807) is 0 Å². The van der Waals surface area contributed by atoms with Crippen LogP contribution >= 0.6 is 0 Å². The van der Waals surface area contributed by atoms with Gasteiger partial charge in [0.15, 0.2) is 0 Å². The Balaban J connectivity index is 0. The number of allylic oxidation sites excluding steroid dienone is 1. The Morgan fingerprint density at radius 1 is 0.800 bits per heavy atom. The standard InChI is InChI=1S/C20H36O4.Ca.2H/c1-2-3-4-5-6-7-8-9-10-11-12-13-14-15-18-24-20(23)17-16-19(21)22;;;/h15,18H,2-14,16-17H2,1H3,(H,21,22);;;. The molecule has 0 aliphatic heterocycles. The molecule has 0 amide bonds. The Morgan fingerprint density at radius 3 is 1.76 bits per heavy atom. The summed E-state index contributed by atoms with van der Waals surface area (Å²) in [6.45, 7) is 2.25. The number of carbonyl (C=O) groups is 2. The van der Waals surface area contributed by atoms with Crippen molar-refractivity contribution in [1.82, 2.24) is 0 Å². The predicted molar refractivity (Wildman–Crippen MR) is 106 cm³/mol. The van der Waals surface area contributed by atoms with Crippen molar-refractivity contribution in [3.63, 3.8) is 0 Å². The molecule has 0 rings (SSSR count). The van der Waals surface area contributed by atoms with Gasteiger partial charge < -0.3 is 9.84 Å². The summed E-state index contributed by atoms with van der Waals surface area (Å²) in [7, 11) is 0. The van der Waals surface area contributed by atoms with Crippen molar-refractivity contribution < 1.29 is 19.4 Å². The second-order valence-electron chi connectivity index (χ2n) is 6.43. The predicted octanol–water partition coefficient (Wildman–Crippen LogP) is 5.08. The molecule has 0 radical (unpaired) electrons. The van der Waals surface area contributed by atoms with Crippen molar-refractivity contribution in [3.05, 3.63) is 12.3 Å². The first-order chi connectivity index (χ1) is 11.7. The Labute approximate surface area is 183 Å². The molecule has 0 aliphatic rings. The van der Waals surface area contributed by atoms with Crippen LogP contribution in [0.25, 0.3) is 0 Å². The van der Waals surface area contributed by atoms with E-state index in [0.717, 1.165) is 12.8 Å². The van der Waals surface area contributed by atoms with Gasteiger partial charge in [0.25, 0.3) is 0 Å². The van der Waals surface area contributed by atoms with Gasteiger partial charge in [0.2, 0.25) is 0 Å². The number of carboxylic acid groups (broad SMARTS) is 1. The van der Waals surface area contributed by atoms with Gasteiger partial charge in [-0.05, 0) is 18.9 Å². The third-order valence-corrected chi connectivity index (χ3v) is 4.06. The molecule has 0 aromatic carbocycles. The van der Waals surface area contributed by atoms with Crippen molar-refractivity contribution in [2.24, 2.45) is 0 Å². The number of hydrogen-bond donors (Lipinski definition) is 1. The first-order valence-corrected chi connectivity index (χ1v) is 9.73. The molecule has 144 valence electrons. The fourth-order valence-electron chi connectivity index (χ4n) is 2.56. The Morgan fingerprint density at radius 2 is 1.28 bits per heavy atom. The van der Waals surface area contributed by atoms with Gasteiger partial charge in [-0.2, -0.15) is 0 Å². The average Bonchev–Trinajstić information content (AvgIpc) is 2.56. The molecule has 0 unspecified atom stereocenters. The van der Waals surface area contributed by atoms with E-state index in [9.17, 15) is 9.59 Å². The summed E-state index contributed by atoms with van der Waals surface area (Å²) in [5.41, 5.74) is 0. The second-order valence-corrected chi connectivity index (χ2v) is 6.43. The molecule has 0 saturated heterocycles. The van der Waals surface area contributed by atoms with Crippen molar-refractivity contribution in [2.45, 2.75) is 103 Å². The van der Waals surface area contributed by atoms with Gasteiger partial charge in [0.05, 0.1) is 19.1 Å². The van der Waals surface area contributed by atoms with Crippen LogP contribution in [0.3, 0.4) is 0 Å². The Bertz CT molecular complexity index is 343. The SMILES string of the molecule is CCCCCCCCCCCCCCC=COC(=O)CCC(=O)O.[CaH2]. The van der Waals surface area contributed by atoms with Crippen LogP contribution in [0.5, 0.6) is 0 Å². The number of ether oxygens (including phenoxy) is 1. The summed E-state index contributed by atoms with van der Waals surface area (Å²) >= 11 is 0. The molecule has 0 spiro atoms. The quantitative estimate of drug-likeness (QED) is 0.165. The van der Waals surface area contributed by atoms with Gasteiger partial charge in [0, 0.05) is 0 Å². The molecule has 0 aromatic heterocycles. The fourth-order valence-corrected chi connectivity index (χ4v) is 2.56. The maximum atomic E-state index is 11.1. The molecule has 1 N–H and O–H groups in total. The van der Waals surface area contributed by atoms with E-state index in [1.807, 2.05) is 6.08 Å². The number of carboxylic acids is 1. The minimum absolute atomic E-state index is 0. The van der Waals surface area contributed by atoms with Gasteiger partial charge in [-0.15, -0.1) is 0 Å². The molecule has 0 aromatic rings. The monoisotopic (exact) mass is 382 g/mol. The topological polar surface area (TPSA) is 63.6 Å². The number of rotatable bonds is 17. The third kappa shape index (κ3) is 23.9. The van der Waals surface area contributed by atoms with E-state index in [1.165, 1.54) is 76.9 Å². The second kappa shape index (κ2) is 22.0. The summed E-state index contributed by atoms with van der Waals surface area (Å²) in [6, 6.07) is 0. The molecule has 0 bridgehead atoms. The molecular weight excluding hydrogens is 344 g/mol. The molecular formula is C20H38CaO4. The van der Waals surface area contributed by atoms with Crippen molar-refractivity contribution >= 4 is 49.7 Å². The zero-order valence-corrected chi connectivity index (χ0v) is 15.4. The number of unbranched alkanes of at least 4 members (excludes halogenated alkanes) is 12. The van der Waals surface area contributed by atoms with E-state index < -0.39 is 11.9 Å². The normalized spacial score (nSPS) is 10.6. The van der Waals surface area contributed by atoms with E-state index in [2.05, 4.69) is 6.92 Å². The van der Waals surface area contributed by atoms with Crippen LogP contribution in [0.1, 0.15) is 103 Å². The van der Waals surface area contributed by atoms with E-state index in [4.69, 9.17) is 9.84 Å². The summed E-state index contributed by atoms with van der Waals surface area (Å²) in [6.07, 6.45) is 19.8. The van der Waals surface area contributed by atoms with Gasteiger partial charge in [-0.3, -0.25) is 9.59 Å². The number of aliphatic carboxylic acids is 1. The van der Waals surface area contributed by atoms with E-state index in [0.29, 0.717) is 0 Å². The molecule has 0 aliphatic carbocycles. The first kappa shape index (κ1) is 27.2. The maximum absolute atomic E-state index is 11.1. The minimum atomic E-state index is -0.979. The van der Waals surface area contributed by atoms with Gasteiger partial charge in [-0.1, -0.05) is 77.6 Å². The van der Waals surface area contributed by atoms with Gasteiger partial charge in [0.1, 0.15) is 0 Å². The number of carbonyl (C=O) groups excluding carboxylic acids is 1. The van der Waals surface area contributed by atoms with Crippen LogP contribution in [-0.2, 0) is 14.3 Å². The van der Waals surface area contributed by atoms with Gasteiger partial charge >= 0.3 is 49.7 Å². The number of hydrogen-bond acceptors (Lipinski definition) is 3. The van der Waals surface area contributed by atoms with Crippen molar-refractivity contribution in [1.29, 1.82) is 0 Å². The van der Waals surface area contributed by atoms with Crippen molar-refractivity contribution in [2.75, 3.05) is 0 Å². The molecule has 25 heavy (non-hydrogen) atoms. The fraction of sp³-hybridized carbons (Fsp3) is 0.800. The summed E-state index contributed by atoms with van der Waals surface area (Å²) < 4.78 is 4.82. The zero-order valence-electron chi connectivity index (χ0n) is 15.4. The summed E-state index contributed by atoms with van der Waals surface area (Å²) in [5, 5.41) is 8.44. The molecule has 0 saturated carbocycles. The Hall–Kier alpha value is -0.0603. The molecule has 0 heterocycles. The van der Waals surface area contributed by atoms with Crippen LogP contribution < -0.4 is 0 Å². The molecule has 4 nitrogen and oxygen atoms in total. The van der Waals surface area contributed by atoms with Crippen LogP contribution in [0.2, 0.25) is 0 Å². The van der Waals surface area contributed by atoms with Crippen LogP contribution in [0.4, 0.5) is 0 Å². The summed E-state index contributed by atoms with van der Waals surface area (Å²) in [5.74, 6) is -1.46. The van der Waals surface area contributed by atoms with Crippen LogP contribution in [-0.4, -0.2) is 54.8 Å². The molecule has 0 fully saturated rings. The first-order valence-electron chi connectivity index (χ1n) is 9.73. The van der Waals surface area contributed by atoms with E-state index >= 15 is 0 Å². The molecule has 0 atom stereocenters. The Kier molecular flexibility index (Phi) is 23.9. The van der Waals surface area contributed by atoms with Crippen LogP contribution in [0, 0.1) is 0 Å². The average molecular weight is 383 g/mol. The number of esters is 1. The van der Waals surface area contributed by atoms with E-state index in [-0.39, 0.29) is 50.6 Å². The van der Waals surface area contributed by atoms with Gasteiger partial charge in [-0.25, -0.2) is 0 Å². The zero-order chi connectivity index (χ0) is 17.9.